The number of rotatable bonds is 11. The number of benzene rings is 2. The fourth-order valence-corrected chi connectivity index (χ4v) is 3.36. The van der Waals surface area contributed by atoms with E-state index in [1.54, 1.807) is 6.92 Å². The van der Waals surface area contributed by atoms with Gasteiger partial charge in [-0.05, 0) is 43.9 Å². The van der Waals surface area contributed by atoms with E-state index in [0.29, 0.717) is 13.2 Å². The largest absolute Gasteiger partial charge is 0.445 e. The quantitative estimate of drug-likeness (QED) is 0.480. The van der Waals surface area contributed by atoms with Crippen LogP contribution in [0, 0.1) is 0 Å². The van der Waals surface area contributed by atoms with Crippen LogP contribution in [0.25, 0.3) is 0 Å². The van der Waals surface area contributed by atoms with E-state index >= 15 is 0 Å². The minimum absolute atomic E-state index is 0.142. The number of carbonyl (C=O) groups excluding carboxylic acids is 2. The van der Waals surface area contributed by atoms with Crippen molar-refractivity contribution in [2.24, 2.45) is 0 Å². The smallest absolute Gasteiger partial charge is 0.408 e. The van der Waals surface area contributed by atoms with Crippen molar-refractivity contribution in [2.75, 3.05) is 25.0 Å². The summed E-state index contributed by atoms with van der Waals surface area (Å²) in [5, 5.41) is 8.75. The van der Waals surface area contributed by atoms with Crippen LogP contribution in [0.3, 0.4) is 0 Å². The standard InChI is InChI=1S/C25H33N3O5/c1-19(28-25(30)32-18-20-10-4-2-5-11-20)24(29)27-17-22(33-23-14-8-9-15-31-23)16-26-21-12-6-3-7-13-21/h2-7,10-13,19,22-23,26H,8-9,14-18H2,1H3,(H,27,29)(H,28,30)/t19-,22?,23?/m0/s1. The van der Waals surface area contributed by atoms with Crippen LogP contribution in [0.5, 0.6) is 0 Å². The fraction of sp³-hybridized carbons (Fsp3) is 0.440. The van der Waals surface area contributed by atoms with Crippen molar-refractivity contribution in [2.45, 2.75) is 51.2 Å². The van der Waals surface area contributed by atoms with Gasteiger partial charge in [-0.1, -0.05) is 48.5 Å². The highest BCUT2D eigenvalue weighted by atomic mass is 16.7. The Kier molecular flexibility index (Phi) is 10.0. The van der Waals surface area contributed by atoms with Gasteiger partial charge < -0.3 is 30.2 Å². The highest BCUT2D eigenvalue weighted by Crippen LogP contribution is 2.16. The monoisotopic (exact) mass is 455 g/mol. The molecular formula is C25H33N3O5. The lowest BCUT2D eigenvalue weighted by molar-refractivity contribution is -0.184. The predicted molar refractivity (Wildman–Crippen MR) is 126 cm³/mol. The molecule has 0 radical (unpaired) electrons. The van der Waals surface area contributed by atoms with Crippen molar-refractivity contribution in [3.8, 4) is 0 Å². The van der Waals surface area contributed by atoms with E-state index in [-0.39, 0.29) is 31.5 Å². The Morgan fingerprint density at radius 2 is 1.76 bits per heavy atom. The van der Waals surface area contributed by atoms with Gasteiger partial charge in [0, 0.05) is 25.4 Å². The summed E-state index contributed by atoms with van der Waals surface area (Å²) in [5.41, 5.74) is 1.85. The molecule has 8 nitrogen and oxygen atoms in total. The highest BCUT2D eigenvalue weighted by Gasteiger charge is 2.22. The molecule has 3 rings (SSSR count). The molecule has 0 aromatic heterocycles. The summed E-state index contributed by atoms with van der Waals surface area (Å²) >= 11 is 0. The van der Waals surface area contributed by atoms with Gasteiger partial charge in [-0.3, -0.25) is 4.79 Å². The molecule has 1 aliphatic heterocycles. The molecule has 1 aliphatic rings. The number of alkyl carbamates (subject to hydrolysis) is 1. The fourth-order valence-electron chi connectivity index (χ4n) is 3.36. The summed E-state index contributed by atoms with van der Waals surface area (Å²) in [6, 6.07) is 18.4. The summed E-state index contributed by atoms with van der Waals surface area (Å²) < 4.78 is 17.0. The lowest BCUT2D eigenvalue weighted by Gasteiger charge is -2.28. The normalized spacial score (nSPS) is 17.4. The second-order valence-corrected chi connectivity index (χ2v) is 7.97. The number of ether oxygens (including phenoxy) is 3. The van der Waals surface area contributed by atoms with E-state index in [1.807, 2.05) is 60.7 Å². The zero-order valence-corrected chi connectivity index (χ0v) is 19.0. The Hall–Kier alpha value is -3.10. The van der Waals surface area contributed by atoms with Gasteiger partial charge in [0.2, 0.25) is 5.91 Å². The SMILES string of the molecule is C[C@H](NC(=O)OCc1ccccc1)C(=O)NCC(CNc1ccccc1)OC1CCCCO1. The average molecular weight is 456 g/mol. The van der Waals surface area contributed by atoms with E-state index < -0.39 is 12.1 Å². The lowest BCUT2D eigenvalue weighted by Crippen LogP contribution is -2.48. The maximum Gasteiger partial charge on any atom is 0.408 e. The number of anilines is 1. The molecule has 1 saturated heterocycles. The Morgan fingerprint density at radius 1 is 1.03 bits per heavy atom. The first kappa shape index (κ1) is 24.5. The molecule has 3 atom stereocenters. The summed E-state index contributed by atoms with van der Waals surface area (Å²) in [7, 11) is 0. The Labute approximate surface area is 195 Å². The van der Waals surface area contributed by atoms with Crippen LogP contribution in [0.4, 0.5) is 10.5 Å². The van der Waals surface area contributed by atoms with Crippen molar-refractivity contribution in [1.82, 2.24) is 10.6 Å². The van der Waals surface area contributed by atoms with E-state index in [4.69, 9.17) is 14.2 Å². The van der Waals surface area contributed by atoms with Gasteiger partial charge in [-0.25, -0.2) is 4.79 Å². The Morgan fingerprint density at radius 3 is 2.45 bits per heavy atom. The molecule has 2 aromatic carbocycles. The number of hydrogen-bond acceptors (Lipinski definition) is 6. The Bertz CT molecular complexity index is 844. The summed E-state index contributed by atoms with van der Waals surface area (Å²) in [6.07, 6.45) is 1.71. The van der Waals surface area contributed by atoms with E-state index in [9.17, 15) is 9.59 Å². The molecule has 3 N–H and O–H groups in total. The number of amides is 2. The predicted octanol–water partition coefficient (Wildman–Crippen LogP) is 3.44. The third-order valence-electron chi connectivity index (χ3n) is 5.23. The minimum Gasteiger partial charge on any atom is -0.445 e. The van der Waals surface area contributed by atoms with Gasteiger partial charge in [0.15, 0.2) is 6.29 Å². The third kappa shape index (κ3) is 9.11. The molecule has 0 spiro atoms. The second-order valence-electron chi connectivity index (χ2n) is 7.97. The number of nitrogens with one attached hydrogen (secondary N) is 3. The van der Waals surface area contributed by atoms with Gasteiger partial charge in [0.1, 0.15) is 12.6 Å². The number of carbonyl (C=O) groups is 2. The molecule has 2 aromatic rings. The van der Waals surface area contributed by atoms with Crippen molar-refractivity contribution in [3.63, 3.8) is 0 Å². The van der Waals surface area contributed by atoms with Crippen molar-refractivity contribution >= 4 is 17.7 Å². The van der Waals surface area contributed by atoms with Gasteiger partial charge in [0.25, 0.3) is 0 Å². The molecule has 2 unspecified atom stereocenters. The summed E-state index contributed by atoms with van der Waals surface area (Å²) in [5.74, 6) is -0.315. The molecular weight excluding hydrogens is 422 g/mol. The summed E-state index contributed by atoms with van der Waals surface area (Å²) in [6.45, 7) is 3.22. The maximum absolute atomic E-state index is 12.5. The molecule has 8 heteroatoms. The van der Waals surface area contributed by atoms with E-state index in [1.165, 1.54) is 0 Å². The van der Waals surface area contributed by atoms with Crippen molar-refractivity contribution in [3.05, 3.63) is 66.2 Å². The van der Waals surface area contributed by atoms with E-state index in [0.717, 1.165) is 30.5 Å². The summed E-state index contributed by atoms with van der Waals surface area (Å²) in [4.78, 5) is 24.6. The van der Waals surface area contributed by atoms with Crippen molar-refractivity contribution < 1.29 is 23.8 Å². The minimum atomic E-state index is -0.748. The van der Waals surface area contributed by atoms with E-state index in [2.05, 4.69) is 16.0 Å². The zero-order chi connectivity index (χ0) is 23.3. The first-order valence-electron chi connectivity index (χ1n) is 11.4. The third-order valence-corrected chi connectivity index (χ3v) is 5.23. The van der Waals surface area contributed by atoms with Crippen molar-refractivity contribution in [1.29, 1.82) is 0 Å². The molecule has 0 saturated carbocycles. The zero-order valence-electron chi connectivity index (χ0n) is 19.0. The van der Waals surface area contributed by atoms with Crippen LogP contribution < -0.4 is 16.0 Å². The van der Waals surface area contributed by atoms with Gasteiger partial charge in [-0.15, -0.1) is 0 Å². The first-order chi connectivity index (χ1) is 16.1. The molecule has 0 aliphatic carbocycles. The molecule has 0 bridgehead atoms. The van der Waals surface area contributed by atoms with Crippen LogP contribution in [0.15, 0.2) is 60.7 Å². The Balaban J connectivity index is 1.44. The average Bonchev–Trinajstić information content (AvgIpc) is 2.86. The topological polar surface area (TPSA) is 97.9 Å². The molecule has 33 heavy (non-hydrogen) atoms. The molecule has 1 fully saturated rings. The van der Waals surface area contributed by atoms with Crippen LogP contribution in [0.2, 0.25) is 0 Å². The van der Waals surface area contributed by atoms with Gasteiger partial charge in [-0.2, -0.15) is 0 Å². The molecule has 2 amide bonds. The second kappa shape index (κ2) is 13.4. The highest BCUT2D eigenvalue weighted by molar-refractivity contribution is 5.85. The van der Waals surface area contributed by atoms with Gasteiger partial charge in [0.05, 0.1) is 6.10 Å². The van der Waals surface area contributed by atoms with Gasteiger partial charge >= 0.3 is 6.09 Å². The maximum atomic E-state index is 12.5. The van der Waals surface area contributed by atoms with Crippen LogP contribution in [-0.2, 0) is 25.6 Å². The first-order valence-corrected chi connectivity index (χ1v) is 11.4. The number of hydrogen-bond donors (Lipinski definition) is 3. The lowest BCUT2D eigenvalue weighted by atomic mass is 10.2. The number of para-hydroxylation sites is 1. The van der Waals surface area contributed by atoms with Crippen LogP contribution >= 0.6 is 0 Å². The molecule has 178 valence electrons. The van der Waals surface area contributed by atoms with Crippen LogP contribution in [-0.4, -0.2) is 50.1 Å². The van der Waals surface area contributed by atoms with Crippen LogP contribution in [0.1, 0.15) is 31.7 Å². The molecule has 1 heterocycles.